The van der Waals surface area contributed by atoms with Crippen molar-refractivity contribution in [1.82, 2.24) is 0 Å². The quantitative estimate of drug-likeness (QED) is 0.561. The van der Waals surface area contributed by atoms with E-state index in [1.807, 2.05) is 0 Å². The Morgan fingerprint density at radius 3 is 0.692 bits per heavy atom. The maximum Gasteiger partial charge on any atom is -0.0296 e. The van der Waals surface area contributed by atoms with E-state index in [1.54, 1.807) is 0 Å². The van der Waals surface area contributed by atoms with Crippen molar-refractivity contribution in [3.8, 4) is 0 Å². The highest BCUT2D eigenvalue weighted by Crippen LogP contribution is 2.09. The summed E-state index contributed by atoms with van der Waals surface area (Å²) in [5, 5.41) is 0. The molecule has 0 N–H and O–H groups in total. The predicted octanol–water partition coefficient (Wildman–Crippen LogP) is 5.31. The SMILES string of the molecule is C.C.C.CPC(C)C.CPC(C)C. The minimum absolute atomic E-state index is 0. The molecule has 0 aromatic rings. The Labute approximate surface area is 92.2 Å². The van der Waals surface area contributed by atoms with Gasteiger partial charge in [-0.1, -0.05) is 50.0 Å². The smallest absolute Gasteiger partial charge is 0.0296 e. The fraction of sp³-hybridized carbons (Fsp3) is 1.00. The molecule has 0 saturated carbocycles. The van der Waals surface area contributed by atoms with Crippen LogP contribution in [0.1, 0.15) is 50.0 Å². The lowest BCUT2D eigenvalue weighted by atomic mass is 10.6. The predicted molar refractivity (Wildman–Crippen MR) is 78.9 cm³/mol. The highest BCUT2D eigenvalue weighted by Gasteiger charge is 1.79. The van der Waals surface area contributed by atoms with Gasteiger partial charge in [0.1, 0.15) is 0 Å². The second-order valence-electron chi connectivity index (χ2n) is 2.89. The Bertz CT molecular complexity index is 44.1. The van der Waals surface area contributed by atoms with E-state index in [9.17, 15) is 0 Å². The Hall–Kier alpha value is 0.860. The van der Waals surface area contributed by atoms with E-state index in [0.29, 0.717) is 0 Å². The molecule has 13 heavy (non-hydrogen) atoms. The first kappa shape index (κ1) is 29.2. The topological polar surface area (TPSA) is 0 Å². The van der Waals surface area contributed by atoms with Crippen LogP contribution < -0.4 is 0 Å². The van der Waals surface area contributed by atoms with Crippen molar-refractivity contribution in [1.29, 1.82) is 0 Å². The summed E-state index contributed by atoms with van der Waals surface area (Å²) in [4.78, 5) is 0. The highest BCUT2D eigenvalue weighted by atomic mass is 31.1. The molecule has 0 aliphatic heterocycles. The van der Waals surface area contributed by atoms with Crippen molar-refractivity contribution in [3.63, 3.8) is 0 Å². The Morgan fingerprint density at radius 1 is 0.615 bits per heavy atom. The average molecular weight is 228 g/mol. The molecule has 2 unspecified atom stereocenters. The zero-order valence-electron chi connectivity index (χ0n) is 8.15. The molecule has 0 aromatic carbocycles. The van der Waals surface area contributed by atoms with Crippen LogP contribution in [-0.4, -0.2) is 24.6 Å². The van der Waals surface area contributed by atoms with E-state index in [1.165, 1.54) is 0 Å². The zero-order chi connectivity index (χ0) is 8.57. The lowest BCUT2D eigenvalue weighted by Gasteiger charge is -1.91. The van der Waals surface area contributed by atoms with Crippen LogP contribution in [0.3, 0.4) is 0 Å². The minimum atomic E-state index is 0. The fourth-order valence-electron chi connectivity index (χ4n) is 0. The van der Waals surface area contributed by atoms with Gasteiger partial charge in [-0.15, -0.1) is 17.2 Å². The summed E-state index contributed by atoms with van der Waals surface area (Å²) in [5.74, 6) is 0. The third kappa shape index (κ3) is 64.2. The molecule has 88 valence electrons. The molecule has 0 aliphatic rings. The van der Waals surface area contributed by atoms with Crippen molar-refractivity contribution in [2.75, 3.05) is 13.3 Å². The summed E-state index contributed by atoms with van der Waals surface area (Å²) in [7, 11) is 2.23. The van der Waals surface area contributed by atoms with E-state index in [-0.39, 0.29) is 22.3 Å². The zero-order valence-corrected chi connectivity index (χ0v) is 10.2. The van der Waals surface area contributed by atoms with Gasteiger partial charge in [-0.3, -0.25) is 0 Å². The van der Waals surface area contributed by atoms with Crippen LogP contribution in [0.15, 0.2) is 0 Å². The lowest BCUT2D eigenvalue weighted by Crippen LogP contribution is -1.76. The van der Waals surface area contributed by atoms with E-state index >= 15 is 0 Å². The van der Waals surface area contributed by atoms with E-state index in [0.717, 1.165) is 28.5 Å². The van der Waals surface area contributed by atoms with Crippen LogP contribution in [0.2, 0.25) is 0 Å². The molecule has 0 aromatic heterocycles. The van der Waals surface area contributed by atoms with E-state index < -0.39 is 0 Å². The summed E-state index contributed by atoms with van der Waals surface area (Å²) >= 11 is 0. The molecule has 0 amide bonds. The van der Waals surface area contributed by atoms with Gasteiger partial charge in [0, 0.05) is 0 Å². The summed E-state index contributed by atoms with van der Waals surface area (Å²) < 4.78 is 0. The van der Waals surface area contributed by atoms with Crippen molar-refractivity contribution >= 4 is 17.2 Å². The van der Waals surface area contributed by atoms with Crippen molar-refractivity contribution in [2.45, 2.75) is 61.3 Å². The molecular weight excluding hydrogens is 194 g/mol. The van der Waals surface area contributed by atoms with Gasteiger partial charge in [-0.05, 0) is 24.6 Å². The molecular formula is C11H34P2. The lowest BCUT2D eigenvalue weighted by molar-refractivity contribution is 1.11. The molecule has 0 bridgehead atoms. The standard InChI is InChI=1S/2C4H11P.3CH4/c2*1-4(2)5-3;;;/h2*4-5H,1-3H3;3*1H4. The molecule has 0 heterocycles. The van der Waals surface area contributed by atoms with Gasteiger partial charge in [-0.25, -0.2) is 0 Å². The molecule has 0 saturated heterocycles. The van der Waals surface area contributed by atoms with E-state index in [4.69, 9.17) is 0 Å². The van der Waals surface area contributed by atoms with Crippen LogP contribution in [0.5, 0.6) is 0 Å². The summed E-state index contributed by atoms with van der Waals surface area (Å²) in [5.41, 5.74) is 1.82. The Kier molecular flexibility index (Phi) is 51.8. The molecule has 2 atom stereocenters. The first-order valence-corrected chi connectivity index (χ1v) is 7.04. The van der Waals surface area contributed by atoms with Crippen LogP contribution in [0, 0.1) is 0 Å². The van der Waals surface area contributed by atoms with Gasteiger partial charge >= 0.3 is 0 Å². The van der Waals surface area contributed by atoms with Crippen LogP contribution in [0.25, 0.3) is 0 Å². The van der Waals surface area contributed by atoms with Gasteiger partial charge < -0.3 is 0 Å². The molecule has 0 aliphatic carbocycles. The summed E-state index contributed by atoms with van der Waals surface area (Å²) in [6.07, 6.45) is 0. The largest absolute Gasteiger partial charge is 0.123 e. The van der Waals surface area contributed by atoms with E-state index in [2.05, 4.69) is 41.0 Å². The van der Waals surface area contributed by atoms with Crippen LogP contribution in [-0.2, 0) is 0 Å². The number of rotatable bonds is 2. The van der Waals surface area contributed by atoms with Crippen LogP contribution in [0.4, 0.5) is 0 Å². The van der Waals surface area contributed by atoms with Crippen LogP contribution >= 0.6 is 17.2 Å². The monoisotopic (exact) mass is 228 g/mol. The van der Waals surface area contributed by atoms with Crippen molar-refractivity contribution < 1.29 is 0 Å². The molecule has 0 radical (unpaired) electrons. The summed E-state index contributed by atoms with van der Waals surface area (Å²) in [6.45, 7) is 13.4. The number of hydrogen-bond donors (Lipinski definition) is 0. The molecule has 0 fully saturated rings. The molecule has 2 heteroatoms. The van der Waals surface area contributed by atoms with Crippen molar-refractivity contribution in [3.05, 3.63) is 0 Å². The van der Waals surface area contributed by atoms with Gasteiger partial charge in [0.15, 0.2) is 0 Å². The highest BCUT2D eigenvalue weighted by molar-refractivity contribution is 7.38. The summed E-state index contributed by atoms with van der Waals surface area (Å²) in [6, 6.07) is 0. The van der Waals surface area contributed by atoms with Gasteiger partial charge in [0.2, 0.25) is 0 Å². The third-order valence-electron chi connectivity index (χ3n) is 1.15. The first-order valence-electron chi connectivity index (χ1n) is 3.89. The van der Waals surface area contributed by atoms with Gasteiger partial charge in [0.05, 0.1) is 0 Å². The molecule has 0 nitrogen and oxygen atoms in total. The molecule has 0 rings (SSSR count). The fourth-order valence-corrected chi connectivity index (χ4v) is 0. The average Bonchev–Trinajstić information content (AvgIpc) is 1.89. The van der Waals surface area contributed by atoms with Gasteiger partial charge in [0.25, 0.3) is 0 Å². The third-order valence-corrected chi connectivity index (χ3v) is 3.46. The first-order chi connectivity index (χ1) is 4.54. The Balaban J connectivity index is -0.0000000267. The second-order valence-corrected chi connectivity index (χ2v) is 6.35. The normalized spacial score (nSPS) is 9.23. The van der Waals surface area contributed by atoms with Crippen molar-refractivity contribution in [2.24, 2.45) is 0 Å². The molecule has 0 spiro atoms. The number of hydrogen-bond acceptors (Lipinski definition) is 0. The maximum absolute atomic E-state index is 2.23. The minimum Gasteiger partial charge on any atom is -0.123 e. The second kappa shape index (κ2) is 23.0. The van der Waals surface area contributed by atoms with Gasteiger partial charge in [-0.2, -0.15) is 0 Å². The Morgan fingerprint density at radius 2 is 0.692 bits per heavy atom. The maximum atomic E-state index is 2.23.